The quantitative estimate of drug-likeness (QED) is 0.881. The van der Waals surface area contributed by atoms with E-state index in [0.717, 1.165) is 12.1 Å². The van der Waals surface area contributed by atoms with Crippen molar-refractivity contribution in [1.82, 2.24) is 4.90 Å². The van der Waals surface area contributed by atoms with Gasteiger partial charge >= 0.3 is 12.1 Å². The molecule has 1 fully saturated rings. The number of nitrogens with zero attached hydrogens (tertiary/aromatic N) is 2. The number of piperazine rings is 1. The van der Waals surface area contributed by atoms with Crippen LogP contribution in [0.3, 0.4) is 0 Å². The zero-order valence-corrected chi connectivity index (χ0v) is 16.4. The highest BCUT2D eigenvalue weighted by Crippen LogP contribution is 2.24. The molecule has 0 spiro atoms. The summed E-state index contributed by atoms with van der Waals surface area (Å²) in [5.41, 5.74) is 0.746. The first-order valence-corrected chi connectivity index (χ1v) is 9.15. The van der Waals surface area contributed by atoms with Crippen molar-refractivity contribution in [3.05, 3.63) is 29.8 Å². The third-order valence-corrected chi connectivity index (χ3v) is 4.33. The number of aromatic carboxylic acids is 1. The molecule has 0 radical (unpaired) electrons. The maximum atomic E-state index is 12.6. The minimum Gasteiger partial charge on any atom is -0.478 e. The number of hydrogen-bond acceptors (Lipinski definition) is 4. The maximum Gasteiger partial charge on any atom is 0.410 e. The zero-order valence-electron chi connectivity index (χ0n) is 16.4. The molecular formula is C20H30N2O4. The van der Waals surface area contributed by atoms with E-state index >= 15 is 0 Å². The SMILES string of the molecule is CC(C)CC1CN(c2ccc(C(=O)O)cc2)CCN1C(=O)OC(C)(C)C. The van der Waals surface area contributed by atoms with Gasteiger partial charge in [-0.2, -0.15) is 0 Å². The van der Waals surface area contributed by atoms with Gasteiger partial charge in [-0.3, -0.25) is 0 Å². The Morgan fingerprint density at radius 3 is 2.31 bits per heavy atom. The number of carboxylic acid groups (broad SMARTS) is 1. The van der Waals surface area contributed by atoms with E-state index in [2.05, 4.69) is 18.7 Å². The van der Waals surface area contributed by atoms with Gasteiger partial charge in [0.15, 0.2) is 0 Å². The summed E-state index contributed by atoms with van der Waals surface area (Å²) in [5, 5.41) is 9.04. The monoisotopic (exact) mass is 362 g/mol. The number of anilines is 1. The van der Waals surface area contributed by atoms with E-state index in [-0.39, 0.29) is 17.7 Å². The fraction of sp³-hybridized carbons (Fsp3) is 0.600. The Morgan fingerprint density at radius 2 is 1.81 bits per heavy atom. The van der Waals surface area contributed by atoms with Crippen LogP contribution in [-0.4, -0.2) is 53.3 Å². The predicted molar refractivity (Wildman–Crippen MR) is 102 cm³/mol. The molecule has 0 aromatic heterocycles. The van der Waals surface area contributed by atoms with Crippen molar-refractivity contribution < 1.29 is 19.4 Å². The molecule has 144 valence electrons. The van der Waals surface area contributed by atoms with Crippen LogP contribution in [0.1, 0.15) is 51.4 Å². The lowest BCUT2D eigenvalue weighted by Crippen LogP contribution is -2.56. The van der Waals surface area contributed by atoms with Gasteiger partial charge in [-0.05, 0) is 57.4 Å². The average Bonchev–Trinajstić information content (AvgIpc) is 2.52. The van der Waals surface area contributed by atoms with Crippen molar-refractivity contribution in [1.29, 1.82) is 0 Å². The topological polar surface area (TPSA) is 70.1 Å². The Bertz CT molecular complexity index is 634. The fourth-order valence-corrected chi connectivity index (χ4v) is 3.21. The molecule has 26 heavy (non-hydrogen) atoms. The van der Waals surface area contributed by atoms with Gasteiger partial charge in [0.05, 0.1) is 11.6 Å². The molecule has 2 rings (SSSR count). The fourth-order valence-electron chi connectivity index (χ4n) is 3.21. The molecule has 1 N–H and O–H groups in total. The summed E-state index contributed by atoms with van der Waals surface area (Å²) in [6, 6.07) is 6.97. The standard InChI is InChI=1S/C20H30N2O4/c1-14(2)12-17-13-21(16-8-6-15(7-9-16)18(23)24)10-11-22(17)19(25)26-20(3,4)5/h6-9,14,17H,10-13H2,1-5H3,(H,23,24). The first kappa shape index (κ1) is 20.1. The molecule has 6 heteroatoms. The minimum absolute atomic E-state index is 0.0674. The van der Waals surface area contributed by atoms with Crippen molar-refractivity contribution in [2.45, 2.75) is 52.7 Å². The molecule has 1 aromatic carbocycles. The van der Waals surface area contributed by atoms with E-state index in [9.17, 15) is 9.59 Å². The lowest BCUT2D eigenvalue weighted by atomic mass is 10.00. The minimum atomic E-state index is -0.927. The van der Waals surface area contributed by atoms with Gasteiger partial charge in [0.25, 0.3) is 0 Å². The van der Waals surface area contributed by atoms with Gasteiger partial charge in [-0.25, -0.2) is 9.59 Å². The van der Waals surface area contributed by atoms with Crippen LogP contribution in [0.25, 0.3) is 0 Å². The van der Waals surface area contributed by atoms with Gasteiger partial charge in [0, 0.05) is 25.3 Å². The molecule has 0 bridgehead atoms. The smallest absolute Gasteiger partial charge is 0.410 e. The van der Waals surface area contributed by atoms with Crippen molar-refractivity contribution >= 4 is 17.7 Å². The number of carbonyl (C=O) groups excluding carboxylic acids is 1. The van der Waals surface area contributed by atoms with Crippen molar-refractivity contribution in [2.75, 3.05) is 24.5 Å². The Morgan fingerprint density at radius 1 is 1.19 bits per heavy atom. The summed E-state index contributed by atoms with van der Waals surface area (Å²) in [7, 11) is 0. The Hall–Kier alpha value is -2.24. The van der Waals surface area contributed by atoms with E-state index in [1.807, 2.05) is 37.8 Å². The summed E-state index contributed by atoms with van der Waals surface area (Å²) in [4.78, 5) is 27.7. The van der Waals surface area contributed by atoms with E-state index in [4.69, 9.17) is 9.84 Å². The van der Waals surface area contributed by atoms with Crippen LogP contribution in [0.15, 0.2) is 24.3 Å². The summed E-state index contributed by atoms with van der Waals surface area (Å²) < 4.78 is 5.58. The molecular weight excluding hydrogens is 332 g/mol. The second-order valence-corrected chi connectivity index (χ2v) is 8.26. The van der Waals surface area contributed by atoms with E-state index < -0.39 is 11.6 Å². The molecule has 1 aliphatic rings. The largest absolute Gasteiger partial charge is 0.478 e. The molecule has 1 aromatic rings. The molecule has 1 aliphatic heterocycles. The number of benzene rings is 1. The normalized spacial score (nSPS) is 18.2. The second kappa shape index (κ2) is 7.98. The third-order valence-electron chi connectivity index (χ3n) is 4.33. The van der Waals surface area contributed by atoms with Crippen LogP contribution in [0.5, 0.6) is 0 Å². The Kier molecular flexibility index (Phi) is 6.16. The lowest BCUT2D eigenvalue weighted by Gasteiger charge is -2.43. The Balaban J connectivity index is 2.13. The van der Waals surface area contributed by atoms with Crippen molar-refractivity contribution in [3.8, 4) is 0 Å². The highest BCUT2D eigenvalue weighted by molar-refractivity contribution is 5.88. The van der Waals surface area contributed by atoms with Crippen LogP contribution in [0.4, 0.5) is 10.5 Å². The van der Waals surface area contributed by atoms with Crippen LogP contribution < -0.4 is 4.90 Å². The lowest BCUT2D eigenvalue weighted by molar-refractivity contribution is 0.0119. The number of amides is 1. The predicted octanol–water partition coefficient (Wildman–Crippen LogP) is 3.86. The maximum absolute atomic E-state index is 12.6. The van der Waals surface area contributed by atoms with Gasteiger partial charge in [0.1, 0.15) is 5.60 Å². The number of carboxylic acids is 1. The van der Waals surface area contributed by atoms with Gasteiger partial charge in [-0.15, -0.1) is 0 Å². The summed E-state index contributed by atoms with van der Waals surface area (Å²) in [5.74, 6) is -0.469. The van der Waals surface area contributed by atoms with Crippen molar-refractivity contribution in [3.63, 3.8) is 0 Å². The molecule has 1 heterocycles. The van der Waals surface area contributed by atoms with Gasteiger partial charge < -0.3 is 19.6 Å². The van der Waals surface area contributed by atoms with E-state index in [1.165, 1.54) is 0 Å². The summed E-state index contributed by atoms with van der Waals surface area (Å²) >= 11 is 0. The van der Waals surface area contributed by atoms with E-state index in [0.29, 0.717) is 25.6 Å². The number of rotatable bonds is 4. The number of ether oxygens (including phenoxy) is 1. The highest BCUT2D eigenvalue weighted by Gasteiger charge is 2.33. The number of carbonyl (C=O) groups is 2. The third kappa shape index (κ3) is 5.38. The van der Waals surface area contributed by atoms with Crippen LogP contribution in [0.2, 0.25) is 0 Å². The molecule has 0 saturated carbocycles. The molecule has 0 aliphatic carbocycles. The highest BCUT2D eigenvalue weighted by atomic mass is 16.6. The molecule has 1 saturated heterocycles. The van der Waals surface area contributed by atoms with Crippen LogP contribution >= 0.6 is 0 Å². The van der Waals surface area contributed by atoms with Gasteiger partial charge in [-0.1, -0.05) is 13.8 Å². The van der Waals surface area contributed by atoms with Gasteiger partial charge in [0.2, 0.25) is 0 Å². The Labute approximate surface area is 155 Å². The molecule has 1 amide bonds. The average molecular weight is 362 g/mol. The number of hydrogen-bond donors (Lipinski definition) is 1. The van der Waals surface area contributed by atoms with Crippen molar-refractivity contribution in [2.24, 2.45) is 5.92 Å². The summed E-state index contributed by atoms with van der Waals surface area (Å²) in [6.07, 6.45) is 0.632. The molecule has 6 nitrogen and oxygen atoms in total. The first-order chi connectivity index (χ1) is 12.1. The first-order valence-electron chi connectivity index (χ1n) is 9.15. The van der Waals surface area contributed by atoms with Crippen LogP contribution in [0, 0.1) is 5.92 Å². The molecule has 1 atom stereocenters. The zero-order chi connectivity index (χ0) is 19.5. The van der Waals surface area contributed by atoms with Crippen LogP contribution in [-0.2, 0) is 4.74 Å². The summed E-state index contributed by atoms with van der Waals surface area (Å²) in [6.45, 7) is 11.9. The second-order valence-electron chi connectivity index (χ2n) is 8.26. The molecule has 1 unspecified atom stereocenters. The van der Waals surface area contributed by atoms with E-state index in [1.54, 1.807) is 12.1 Å².